The van der Waals surface area contributed by atoms with Crippen molar-refractivity contribution in [1.29, 1.82) is 0 Å². The summed E-state index contributed by atoms with van der Waals surface area (Å²) in [6.07, 6.45) is 1.09. The number of aromatic nitrogens is 2. The molecule has 1 aliphatic rings. The molecule has 0 spiro atoms. The second-order valence-corrected chi connectivity index (χ2v) is 10.1. The largest absolute Gasteiger partial charge is 0.492 e. The van der Waals surface area contributed by atoms with Gasteiger partial charge in [-0.2, -0.15) is 0 Å². The van der Waals surface area contributed by atoms with Crippen molar-refractivity contribution in [2.45, 2.75) is 32.1 Å². The summed E-state index contributed by atoms with van der Waals surface area (Å²) in [5, 5.41) is 13.7. The van der Waals surface area contributed by atoms with Gasteiger partial charge in [0.1, 0.15) is 10.8 Å². The summed E-state index contributed by atoms with van der Waals surface area (Å²) >= 11 is 19.4. The number of amides is 2. The molecule has 11 heteroatoms. The lowest BCUT2D eigenvalue weighted by Gasteiger charge is -2.17. The average molecular weight is 540 g/mol. The van der Waals surface area contributed by atoms with Gasteiger partial charge in [-0.1, -0.05) is 52.2 Å². The first-order valence-corrected chi connectivity index (χ1v) is 12.5. The summed E-state index contributed by atoms with van der Waals surface area (Å²) in [7, 11) is 0. The van der Waals surface area contributed by atoms with Gasteiger partial charge in [0, 0.05) is 41.0 Å². The molecule has 2 amide bonds. The predicted octanol–water partition coefficient (Wildman–Crippen LogP) is 6.12. The van der Waals surface area contributed by atoms with Crippen LogP contribution in [-0.4, -0.2) is 35.2 Å². The predicted molar refractivity (Wildman–Crippen MR) is 136 cm³/mol. The molecular weight excluding hydrogens is 519 g/mol. The van der Waals surface area contributed by atoms with Crippen LogP contribution in [0.15, 0.2) is 36.4 Å². The van der Waals surface area contributed by atoms with Crippen molar-refractivity contribution in [3.8, 4) is 5.75 Å². The maximum atomic E-state index is 12.6. The SMILES string of the molecule is Cc1ccc(N2CC(c3nnc(NC(=O)CCCOc4ccc(Cl)cc4Cl)s3)CC2=O)cc1Cl. The highest BCUT2D eigenvalue weighted by Crippen LogP contribution is 2.35. The molecule has 2 heterocycles. The van der Waals surface area contributed by atoms with Crippen molar-refractivity contribution in [2.24, 2.45) is 0 Å². The van der Waals surface area contributed by atoms with Gasteiger partial charge in [0.2, 0.25) is 16.9 Å². The normalized spacial score (nSPS) is 15.6. The number of nitrogens with one attached hydrogen (secondary N) is 1. The van der Waals surface area contributed by atoms with Gasteiger partial charge in [0.05, 0.1) is 11.6 Å². The van der Waals surface area contributed by atoms with E-state index in [1.807, 2.05) is 19.1 Å². The monoisotopic (exact) mass is 538 g/mol. The van der Waals surface area contributed by atoms with E-state index in [2.05, 4.69) is 15.5 Å². The van der Waals surface area contributed by atoms with Gasteiger partial charge < -0.3 is 15.0 Å². The third-order valence-electron chi connectivity index (χ3n) is 5.33. The first kappa shape index (κ1) is 24.7. The third kappa shape index (κ3) is 5.99. The van der Waals surface area contributed by atoms with Crippen molar-refractivity contribution in [3.63, 3.8) is 0 Å². The maximum absolute atomic E-state index is 12.6. The van der Waals surface area contributed by atoms with Crippen molar-refractivity contribution in [2.75, 3.05) is 23.4 Å². The van der Waals surface area contributed by atoms with Gasteiger partial charge in [-0.15, -0.1) is 10.2 Å². The molecule has 4 rings (SSSR count). The highest BCUT2D eigenvalue weighted by molar-refractivity contribution is 7.15. The fourth-order valence-corrected chi connectivity index (χ4v) is 5.00. The Bertz CT molecular complexity index is 1220. The van der Waals surface area contributed by atoms with Crippen molar-refractivity contribution in [1.82, 2.24) is 10.2 Å². The molecule has 34 heavy (non-hydrogen) atoms. The van der Waals surface area contributed by atoms with Crippen LogP contribution in [0.1, 0.15) is 35.8 Å². The van der Waals surface area contributed by atoms with Crippen LogP contribution >= 0.6 is 46.1 Å². The first-order valence-electron chi connectivity index (χ1n) is 10.6. The van der Waals surface area contributed by atoms with Gasteiger partial charge >= 0.3 is 0 Å². The highest BCUT2D eigenvalue weighted by Gasteiger charge is 2.34. The smallest absolute Gasteiger partial charge is 0.227 e. The Morgan fingerprint density at radius 1 is 1.18 bits per heavy atom. The van der Waals surface area contributed by atoms with Crippen molar-refractivity contribution < 1.29 is 14.3 Å². The second-order valence-electron chi connectivity index (χ2n) is 7.86. The molecule has 1 N–H and O–H groups in total. The Kier molecular flexibility index (Phi) is 7.93. The number of anilines is 2. The number of carbonyl (C=O) groups is 2. The lowest BCUT2D eigenvalue weighted by Crippen LogP contribution is -2.24. The number of benzene rings is 2. The molecule has 178 valence electrons. The van der Waals surface area contributed by atoms with E-state index in [-0.39, 0.29) is 24.2 Å². The topological polar surface area (TPSA) is 84.4 Å². The number of halogens is 3. The zero-order valence-corrected chi connectivity index (χ0v) is 21.3. The third-order valence-corrected chi connectivity index (χ3v) is 7.27. The van der Waals surface area contributed by atoms with E-state index in [0.29, 0.717) is 56.9 Å². The lowest BCUT2D eigenvalue weighted by molar-refractivity contribution is -0.117. The van der Waals surface area contributed by atoms with Gasteiger partial charge in [0.15, 0.2) is 0 Å². The minimum atomic E-state index is -0.188. The Hall–Kier alpha value is -2.39. The van der Waals surface area contributed by atoms with E-state index in [9.17, 15) is 9.59 Å². The van der Waals surface area contributed by atoms with Crippen LogP contribution in [0.3, 0.4) is 0 Å². The van der Waals surface area contributed by atoms with Crippen LogP contribution in [-0.2, 0) is 9.59 Å². The molecular formula is C23H21Cl3N4O3S. The zero-order valence-electron chi connectivity index (χ0n) is 18.2. The molecule has 7 nitrogen and oxygen atoms in total. The molecule has 1 aromatic heterocycles. The number of hydrogen-bond acceptors (Lipinski definition) is 6. The van der Waals surface area contributed by atoms with Crippen LogP contribution in [0.2, 0.25) is 15.1 Å². The number of hydrogen-bond donors (Lipinski definition) is 1. The minimum absolute atomic E-state index is 0.00601. The summed E-state index contributed by atoms with van der Waals surface area (Å²) in [4.78, 5) is 26.5. The van der Waals surface area contributed by atoms with Crippen LogP contribution in [0.5, 0.6) is 5.75 Å². The van der Waals surface area contributed by atoms with Crippen LogP contribution in [0.25, 0.3) is 0 Å². The van der Waals surface area contributed by atoms with Gasteiger partial charge in [-0.3, -0.25) is 9.59 Å². The molecule has 0 radical (unpaired) electrons. The Morgan fingerprint density at radius 3 is 2.76 bits per heavy atom. The lowest BCUT2D eigenvalue weighted by atomic mass is 10.1. The summed E-state index contributed by atoms with van der Waals surface area (Å²) in [6, 6.07) is 10.6. The Morgan fingerprint density at radius 2 is 2.00 bits per heavy atom. The molecule has 0 aliphatic carbocycles. The highest BCUT2D eigenvalue weighted by atomic mass is 35.5. The number of carbonyl (C=O) groups excluding carboxylic acids is 2. The second kappa shape index (κ2) is 10.9. The molecule has 2 aromatic carbocycles. The summed E-state index contributed by atoms with van der Waals surface area (Å²) in [5.41, 5.74) is 1.72. The summed E-state index contributed by atoms with van der Waals surface area (Å²) in [6.45, 7) is 2.74. The molecule has 0 bridgehead atoms. The van der Waals surface area contributed by atoms with Gasteiger partial charge in [-0.25, -0.2) is 0 Å². The molecule has 1 unspecified atom stereocenters. The van der Waals surface area contributed by atoms with Crippen LogP contribution in [0, 0.1) is 6.92 Å². The van der Waals surface area contributed by atoms with E-state index in [0.717, 1.165) is 11.3 Å². The number of ether oxygens (including phenoxy) is 1. The number of nitrogens with zero attached hydrogens (tertiary/aromatic N) is 3. The van der Waals surface area contributed by atoms with Crippen LogP contribution in [0.4, 0.5) is 10.8 Å². The average Bonchev–Trinajstić information content (AvgIpc) is 3.41. The van der Waals surface area contributed by atoms with E-state index in [1.54, 1.807) is 29.2 Å². The van der Waals surface area contributed by atoms with Gasteiger partial charge in [-0.05, 0) is 49.2 Å². The van der Waals surface area contributed by atoms with E-state index < -0.39 is 0 Å². The summed E-state index contributed by atoms with van der Waals surface area (Å²) < 4.78 is 5.59. The standard InChI is InChI=1S/C23H21Cl3N4O3S/c1-13-4-6-16(11-17(13)25)30-12-14(9-21(30)32)22-28-29-23(34-22)27-20(31)3-2-8-33-19-7-5-15(24)10-18(19)26/h4-7,10-11,14H,2-3,8-9,12H2,1H3,(H,27,29,31). The van der Waals surface area contributed by atoms with E-state index in [4.69, 9.17) is 39.5 Å². The van der Waals surface area contributed by atoms with Crippen molar-refractivity contribution >= 4 is 68.8 Å². The molecule has 3 aromatic rings. The minimum Gasteiger partial charge on any atom is -0.492 e. The van der Waals surface area contributed by atoms with E-state index >= 15 is 0 Å². The number of aryl methyl sites for hydroxylation is 1. The molecule has 1 fully saturated rings. The molecule has 1 saturated heterocycles. The summed E-state index contributed by atoms with van der Waals surface area (Å²) in [5.74, 6) is 0.250. The Balaban J connectivity index is 1.26. The van der Waals surface area contributed by atoms with Gasteiger partial charge in [0.25, 0.3) is 0 Å². The van der Waals surface area contributed by atoms with E-state index in [1.165, 1.54) is 11.3 Å². The van der Waals surface area contributed by atoms with Crippen LogP contribution < -0.4 is 15.0 Å². The maximum Gasteiger partial charge on any atom is 0.227 e. The molecule has 1 atom stereocenters. The number of rotatable bonds is 8. The molecule has 0 saturated carbocycles. The molecule has 1 aliphatic heterocycles. The quantitative estimate of drug-likeness (QED) is 0.348. The fourth-order valence-electron chi connectivity index (χ4n) is 3.51. The Labute approximate surface area is 216 Å². The first-order chi connectivity index (χ1) is 16.3. The zero-order chi connectivity index (χ0) is 24.2. The van der Waals surface area contributed by atoms with Crippen molar-refractivity contribution in [3.05, 3.63) is 62.0 Å². The fraction of sp³-hybridized carbons (Fsp3) is 0.304.